The second-order valence-corrected chi connectivity index (χ2v) is 7.35. The van der Waals surface area contributed by atoms with Crippen LogP contribution in [0.15, 0.2) is 30.3 Å². The van der Waals surface area contributed by atoms with Crippen LogP contribution in [-0.4, -0.2) is 46.6 Å². The zero-order chi connectivity index (χ0) is 16.3. The van der Waals surface area contributed by atoms with Crippen molar-refractivity contribution in [1.82, 2.24) is 9.80 Å². The Balaban J connectivity index is 2.12. The third-order valence-electron chi connectivity index (χ3n) is 3.63. The number of carbonyl (C=O) groups is 2. The van der Waals surface area contributed by atoms with E-state index in [1.165, 1.54) is 4.90 Å². The van der Waals surface area contributed by atoms with Crippen LogP contribution in [0.25, 0.3) is 0 Å². The molecule has 0 bridgehead atoms. The summed E-state index contributed by atoms with van der Waals surface area (Å²) in [5.74, 6) is 0.347. The highest BCUT2D eigenvalue weighted by molar-refractivity contribution is 7.80. The molecule has 1 fully saturated rings. The fourth-order valence-corrected chi connectivity index (χ4v) is 3.04. The Labute approximate surface area is 137 Å². The molecule has 1 saturated heterocycles. The molecule has 1 aliphatic heterocycles. The van der Waals surface area contributed by atoms with Crippen LogP contribution in [0.5, 0.6) is 0 Å². The van der Waals surface area contributed by atoms with Gasteiger partial charge in [-0.1, -0.05) is 51.1 Å². The Kier molecular flexibility index (Phi) is 5.16. The predicted molar refractivity (Wildman–Crippen MR) is 91.1 cm³/mol. The van der Waals surface area contributed by atoms with Gasteiger partial charge in [-0.15, -0.1) is 0 Å². The molecule has 1 aliphatic rings. The van der Waals surface area contributed by atoms with Crippen molar-refractivity contribution in [3.05, 3.63) is 35.9 Å². The molecular formula is C17H24N2O2S. The molecule has 5 heteroatoms. The average molecular weight is 320 g/mol. The van der Waals surface area contributed by atoms with Crippen molar-refractivity contribution in [1.29, 1.82) is 0 Å². The van der Waals surface area contributed by atoms with E-state index >= 15 is 0 Å². The lowest BCUT2D eigenvalue weighted by molar-refractivity contribution is -0.126. The van der Waals surface area contributed by atoms with Gasteiger partial charge in [0.15, 0.2) is 0 Å². The largest absolute Gasteiger partial charge is 0.327 e. The lowest BCUT2D eigenvalue weighted by Gasteiger charge is -2.28. The van der Waals surface area contributed by atoms with Crippen LogP contribution in [0.4, 0.5) is 4.79 Å². The zero-order valence-corrected chi connectivity index (χ0v) is 14.3. The summed E-state index contributed by atoms with van der Waals surface area (Å²) in [5.41, 5.74) is 1.08. The predicted octanol–water partition coefficient (Wildman–Crippen LogP) is 2.84. The zero-order valence-electron chi connectivity index (χ0n) is 13.5. The number of rotatable bonds is 5. The van der Waals surface area contributed by atoms with Gasteiger partial charge < -0.3 is 4.90 Å². The minimum atomic E-state index is -0.198. The lowest BCUT2D eigenvalue weighted by Crippen LogP contribution is -2.44. The summed E-state index contributed by atoms with van der Waals surface area (Å²) in [6, 6.07) is 9.51. The Morgan fingerprint density at radius 3 is 2.36 bits per heavy atom. The topological polar surface area (TPSA) is 40.6 Å². The first-order valence-corrected chi connectivity index (χ1v) is 8.21. The smallest absolute Gasteiger partial charge is 0.314 e. The second-order valence-electron chi connectivity index (χ2n) is 6.99. The summed E-state index contributed by atoms with van der Waals surface area (Å²) in [5, 5.41) is 0. The maximum atomic E-state index is 12.6. The second kappa shape index (κ2) is 6.73. The third-order valence-corrected chi connectivity index (χ3v) is 4.05. The molecule has 0 aromatic heterocycles. The van der Waals surface area contributed by atoms with E-state index in [1.54, 1.807) is 4.90 Å². The quantitative estimate of drug-likeness (QED) is 0.669. The van der Waals surface area contributed by atoms with Crippen molar-refractivity contribution in [2.45, 2.75) is 33.2 Å². The maximum absolute atomic E-state index is 12.6. The number of hydrogen-bond acceptors (Lipinski definition) is 3. The SMILES string of the molecule is CC(C)(C)CN1CC(=O)N(C(CS)Cc2ccccc2)C1=O. The summed E-state index contributed by atoms with van der Waals surface area (Å²) < 4.78 is 0. The van der Waals surface area contributed by atoms with Crippen LogP contribution in [0.1, 0.15) is 26.3 Å². The van der Waals surface area contributed by atoms with Gasteiger partial charge in [-0.05, 0) is 17.4 Å². The molecule has 4 nitrogen and oxygen atoms in total. The molecule has 2 rings (SSSR count). The van der Waals surface area contributed by atoms with Crippen LogP contribution in [0.3, 0.4) is 0 Å². The molecule has 0 spiro atoms. The van der Waals surface area contributed by atoms with Crippen LogP contribution >= 0.6 is 12.6 Å². The Bertz CT molecular complexity index is 539. The van der Waals surface area contributed by atoms with Gasteiger partial charge in [-0.2, -0.15) is 12.6 Å². The first-order chi connectivity index (χ1) is 10.3. The first-order valence-electron chi connectivity index (χ1n) is 7.57. The van der Waals surface area contributed by atoms with E-state index in [-0.39, 0.29) is 29.9 Å². The summed E-state index contributed by atoms with van der Waals surface area (Å²) in [7, 11) is 0. The van der Waals surface area contributed by atoms with E-state index in [9.17, 15) is 9.59 Å². The molecule has 3 amide bonds. The normalized spacial score (nSPS) is 17.3. The van der Waals surface area contributed by atoms with Gasteiger partial charge >= 0.3 is 6.03 Å². The third kappa shape index (κ3) is 4.03. The van der Waals surface area contributed by atoms with Crippen molar-refractivity contribution in [2.24, 2.45) is 5.41 Å². The van der Waals surface area contributed by atoms with E-state index in [2.05, 4.69) is 33.4 Å². The van der Waals surface area contributed by atoms with Crippen LogP contribution < -0.4 is 0 Å². The summed E-state index contributed by atoms with van der Waals surface area (Å²) in [6.45, 7) is 6.95. The fourth-order valence-electron chi connectivity index (χ4n) is 2.75. The molecule has 0 aliphatic carbocycles. The van der Waals surface area contributed by atoms with Gasteiger partial charge in [0.2, 0.25) is 0 Å². The molecule has 0 N–H and O–H groups in total. The van der Waals surface area contributed by atoms with Gasteiger partial charge in [0.05, 0.1) is 6.04 Å². The molecule has 1 aromatic carbocycles. The van der Waals surface area contributed by atoms with E-state index < -0.39 is 0 Å². The highest BCUT2D eigenvalue weighted by atomic mass is 32.1. The minimum absolute atomic E-state index is 0.0260. The summed E-state index contributed by atoms with van der Waals surface area (Å²) in [6.07, 6.45) is 0.644. The number of imide groups is 1. The molecule has 120 valence electrons. The Hall–Kier alpha value is -1.49. The molecule has 0 radical (unpaired) electrons. The van der Waals surface area contributed by atoms with Gasteiger partial charge in [0, 0.05) is 12.3 Å². The number of amides is 3. The van der Waals surface area contributed by atoms with Crippen molar-refractivity contribution in [3.8, 4) is 0 Å². The van der Waals surface area contributed by atoms with Crippen molar-refractivity contribution in [2.75, 3.05) is 18.8 Å². The van der Waals surface area contributed by atoms with Gasteiger partial charge in [0.25, 0.3) is 5.91 Å². The number of nitrogens with zero attached hydrogens (tertiary/aromatic N) is 2. The lowest BCUT2D eigenvalue weighted by atomic mass is 9.96. The number of carbonyl (C=O) groups excluding carboxylic acids is 2. The standard InChI is InChI=1S/C17H24N2O2S/c1-17(2,3)12-18-10-15(20)19(16(18)21)14(11-22)9-13-7-5-4-6-8-13/h4-8,14,22H,9-12H2,1-3H3. The van der Waals surface area contributed by atoms with Crippen molar-refractivity contribution in [3.63, 3.8) is 0 Å². The van der Waals surface area contributed by atoms with Crippen molar-refractivity contribution >= 4 is 24.6 Å². The minimum Gasteiger partial charge on any atom is -0.314 e. The fraction of sp³-hybridized carbons (Fsp3) is 0.529. The van der Waals surface area contributed by atoms with Gasteiger partial charge in [-0.25, -0.2) is 4.79 Å². The van der Waals surface area contributed by atoms with E-state index in [4.69, 9.17) is 0 Å². The Morgan fingerprint density at radius 1 is 1.18 bits per heavy atom. The summed E-state index contributed by atoms with van der Waals surface area (Å²) in [4.78, 5) is 27.9. The average Bonchev–Trinajstić information content (AvgIpc) is 2.70. The van der Waals surface area contributed by atoms with E-state index in [1.807, 2.05) is 30.3 Å². The molecule has 1 atom stereocenters. The first kappa shape index (κ1) is 16.9. The monoisotopic (exact) mass is 320 g/mol. The number of urea groups is 1. The summed E-state index contributed by atoms with van der Waals surface area (Å²) >= 11 is 4.35. The maximum Gasteiger partial charge on any atom is 0.327 e. The number of benzene rings is 1. The van der Waals surface area contributed by atoms with Gasteiger partial charge in [0.1, 0.15) is 6.54 Å². The highest BCUT2D eigenvalue weighted by Crippen LogP contribution is 2.23. The number of hydrogen-bond donors (Lipinski definition) is 1. The molecule has 1 unspecified atom stereocenters. The molecule has 0 saturated carbocycles. The highest BCUT2D eigenvalue weighted by Gasteiger charge is 2.41. The van der Waals surface area contributed by atoms with Gasteiger partial charge in [-0.3, -0.25) is 9.69 Å². The van der Waals surface area contributed by atoms with Crippen LogP contribution in [0.2, 0.25) is 0 Å². The van der Waals surface area contributed by atoms with Crippen LogP contribution in [0, 0.1) is 5.41 Å². The molecule has 22 heavy (non-hydrogen) atoms. The molecule has 1 aromatic rings. The number of thiol groups is 1. The van der Waals surface area contributed by atoms with E-state index in [0.29, 0.717) is 18.7 Å². The Morgan fingerprint density at radius 2 is 1.82 bits per heavy atom. The molecule has 1 heterocycles. The van der Waals surface area contributed by atoms with Crippen LogP contribution in [-0.2, 0) is 11.2 Å². The van der Waals surface area contributed by atoms with Crippen molar-refractivity contribution < 1.29 is 9.59 Å². The molecular weight excluding hydrogens is 296 g/mol. The van der Waals surface area contributed by atoms with E-state index in [0.717, 1.165) is 5.56 Å².